The quantitative estimate of drug-likeness (QED) is 0.179. The van der Waals surface area contributed by atoms with Crippen LogP contribution in [0.2, 0.25) is 0 Å². The van der Waals surface area contributed by atoms with Crippen LogP contribution in [0, 0.1) is 0 Å². The molecular weight excluding hydrogens is 713 g/mol. The molecule has 10 aromatic rings. The van der Waals surface area contributed by atoms with E-state index in [1.165, 1.54) is 0 Å². The second-order valence-electron chi connectivity index (χ2n) is 14.3. The van der Waals surface area contributed by atoms with Crippen molar-refractivity contribution in [2.45, 2.75) is 0 Å². The number of aromatic nitrogens is 4. The highest BCUT2D eigenvalue weighted by Gasteiger charge is 2.21. The van der Waals surface area contributed by atoms with E-state index in [1.54, 1.807) is 12.4 Å². The first kappa shape index (κ1) is 33.4. The van der Waals surface area contributed by atoms with Crippen molar-refractivity contribution in [3.05, 3.63) is 193 Å². The molecule has 0 N–H and O–H groups in total. The third-order valence-corrected chi connectivity index (χ3v) is 10.7. The Morgan fingerprint density at radius 3 is 1.83 bits per heavy atom. The van der Waals surface area contributed by atoms with Gasteiger partial charge in [-0.25, -0.2) is 19.9 Å². The van der Waals surface area contributed by atoms with Gasteiger partial charge in [-0.1, -0.05) is 146 Å². The van der Waals surface area contributed by atoms with Gasteiger partial charge in [0.1, 0.15) is 22.7 Å². The Kier molecular flexibility index (Phi) is 8.04. The normalized spacial score (nSPS) is 12.4. The van der Waals surface area contributed by atoms with Crippen LogP contribution in [0.4, 0.5) is 0 Å². The number of rotatable bonds is 4. The van der Waals surface area contributed by atoms with Gasteiger partial charge in [-0.15, -0.1) is 0 Å². The number of ether oxygens (including phenoxy) is 1. The van der Waals surface area contributed by atoms with Gasteiger partial charge in [0.25, 0.3) is 0 Å². The highest BCUT2D eigenvalue weighted by Crippen LogP contribution is 2.46. The van der Waals surface area contributed by atoms with E-state index < -0.39 is 0 Å². The number of fused-ring (bicyclic) bond motifs is 9. The summed E-state index contributed by atoms with van der Waals surface area (Å²) in [6, 6.07) is 57.7. The molecule has 11 rings (SSSR count). The zero-order valence-electron chi connectivity index (χ0n) is 31.1. The van der Waals surface area contributed by atoms with E-state index in [-0.39, 0.29) is 0 Å². The molecule has 0 saturated heterocycles. The summed E-state index contributed by atoms with van der Waals surface area (Å²) in [6.45, 7) is 0. The van der Waals surface area contributed by atoms with Crippen LogP contribution in [0.15, 0.2) is 187 Å². The maximum atomic E-state index is 7.05. The van der Waals surface area contributed by atoms with Crippen LogP contribution in [0.5, 0.6) is 11.5 Å². The smallest absolute Gasteiger partial charge is 0.163 e. The third kappa shape index (κ3) is 6.01. The molecule has 0 saturated carbocycles. The van der Waals surface area contributed by atoms with Crippen molar-refractivity contribution in [2.24, 2.45) is 0 Å². The number of hydrogen-bond acceptors (Lipinski definition) is 6. The summed E-state index contributed by atoms with van der Waals surface area (Å²) in [6.07, 6.45) is 7.97. The van der Waals surface area contributed by atoms with E-state index in [0.29, 0.717) is 11.6 Å². The van der Waals surface area contributed by atoms with E-state index in [9.17, 15) is 0 Å². The Morgan fingerprint density at radius 2 is 1.02 bits per heavy atom. The molecule has 272 valence electrons. The van der Waals surface area contributed by atoms with Gasteiger partial charge in [-0.05, 0) is 58.7 Å². The van der Waals surface area contributed by atoms with Gasteiger partial charge >= 0.3 is 0 Å². The number of hydrogen-bond donors (Lipinski definition) is 0. The standard InChI is InChI=1S/C52H32N4O2/c1-3-14-35(15-4-1)45-30-46(56-52(55-45)38-31-53-51(54-32-38)36-16-5-2-6-17-36)37-26-25-34-24-23-33-13-7-8-18-39(33)40-19-9-11-21-47(40)57-50-28-43-41-20-10-12-22-48(41)58-49(43)29-44(50)42(34)27-37/h1-32H/b24-23-. The minimum atomic E-state index is 0.535. The Morgan fingerprint density at radius 1 is 0.362 bits per heavy atom. The molecule has 58 heavy (non-hydrogen) atoms. The van der Waals surface area contributed by atoms with Crippen LogP contribution in [0.1, 0.15) is 11.1 Å². The average molecular weight is 745 g/mol. The first-order chi connectivity index (χ1) is 28.7. The molecule has 3 aromatic heterocycles. The van der Waals surface area contributed by atoms with Crippen LogP contribution in [0.25, 0.3) is 102 Å². The van der Waals surface area contributed by atoms with Gasteiger partial charge < -0.3 is 9.15 Å². The van der Waals surface area contributed by atoms with Crippen molar-refractivity contribution < 1.29 is 9.15 Å². The zero-order valence-corrected chi connectivity index (χ0v) is 31.1. The highest BCUT2D eigenvalue weighted by atomic mass is 16.5. The molecule has 7 aromatic carbocycles. The van der Waals surface area contributed by atoms with Gasteiger partial charge in [-0.3, -0.25) is 0 Å². The fourth-order valence-electron chi connectivity index (χ4n) is 7.77. The number of nitrogens with zero attached hydrogens (tertiary/aromatic N) is 4. The second-order valence-corrected chi connectivity index (χ2v) is 14.3. The van der Waals surface area contributed by atoms with Gasteiger partial charge in [0, 0.05) is 51.0 Å². The van der Waals surface area contributed by atoms with Crippen LogP contribution < -0.4 is 4.74 Å². The fraction of sp³-hybridized carbons (Fsp3) is 0. The summed E-state index contributed by atoms with van der Waals surface area (Å²) in [5.41, 5.74) is 12.8. The number of benzene rings is 7. The van der Waals surface area contributed by atoms with E-state index in [2.05, 4.69) is 97.1 Å². The monoisotopic (exact) mass is 744 g/mol. The Balaban J connectivity index is 1.13. The SMILES string of the molecule is C1=C\c2ccc(-c3cc(-c4ccccc4)nc(-c4cnc(-c5ccccc5)nc4)n3)cc2-c2cc3oc4ccccc4c3cc2Oc2ccccc2-c2ccccc2/1. The van der Waals surface area contributed by atoms with Crippen molar-refractivity contribution in [2.75, 3.05) is 0 Å². The summed E-state index contributed by atoms with van der Waals surface area (Å²) in [7, 11) is 0. The van der Waals surface area contributed by atoms with Gasteiger partial charge in [0.15, 0.2) is 11.6 Å². The summed E-state index contributed by atoms with van der Waals surface area (Å²) < 4.78 is 13.5. The predicted octanol–water partition coefficient (Wildman–Crippen LogP) is 13.4. The lowest BCUT2D eigenvalue weighted by molar-refractivity contribution is 0.487. The van der Waals surface area contributed by atoms with Crippen molar-refractivity contribution in [3.63, 3.8) is 0 Å². The molecule has 0 aliphatic carbocycles. The minimum Gasteiger partial charge on any atom is -0.456 e. The maximum Gasteiger partial charge on any atom is 0.163 e. The molecule has 0 bridgehead atoms. The fourth-order valence-corrected chi connectivity index (χ4v) is 7.77. The summed E-state index contributed by atoms with van der Waals surface area (Å²) >= 11 is 0. The average Bonchev–Trinajstić information content (AvgIpc) is 3.65. The van der Waals surface area contributed by atoms with E-state index in [0.717, 1.165) is 100 Å². The van der Waals surface area contributed by atoms with Crippen LogP contribution in [-0.4, -0.2) is 19.9 Å². The largest absolute Gasteiger partial charge is 0.456 e. The molecule has 4 heterocycles. The lowest BCUT2D eigenvalue weighted by atomic mass is 9.93. The van der Waals surface area contributed by atoms with Crippen molar-refractivity contribution in [1.82, 2.24) is 19.9 Å². The van der Waals surface area contributed by atoms with Crippen molar-refractivity contribution in [1.29, 1.82) is 0 Å². The molecular formula is C52H32N4O2. The number of furan rings is 1. The van der Waals surface area contributed by atoms with Gasteiger partial charge in [0.05, 0.1) is 17.0 Å². The lowest BCUT2D eigenvalue weighted by Crippen LogP contribution is -1.98. The molecule has 1 aliphatic rings. The van der Waals surface area contributed by atoms with Crippen molar-refractivity contribution >= 4 is 34.1 Å². The third-order valence-electron chi connectivity index (χ3n) is 10.7. The Bertz CT molecular complexity index is 3190. The first-order valence-electron chi connectivity index (χ1n) is 19.2. The molecule has 0 fully saturated rings. The molecule has 6 heteroatoms. The predicted molar refractivity (Wildman–Crippen MR) is 233 cm³/mol. The van der Waals surface area contributed by atoms with Crippen molar-refractivity contribution in [3.8, 4) is 79.0 Å². The zero-order chi connectivity index (χ0) is 38.4. The topological polar surface area (TPSA) is 73.9 Å². The van der Waals surface area contributed by atoms with E-state index in [1.807, 2.05) is 84.9 Å². The first-order valence-corrected chi connectivity index (χ1v) is 19.2. The Labute approximate surface area is 334 Å². The molecule has 0 amide bonds. The molecule has 0 atom stereocenters. The highest BCUT2D eigenvalue weighted by molar-refractivity contribution is 6.07. The number of para-hydroxylation sites is 2. The van der Waals surface area contributed by atoms with Crippen LogP contribution in [0.3, 0.4) is 0 Å². The van der Waals surface area contributed by atoms with Gasteiger partial charge in [-0.2, -0.15) is 0 Å². The second kappa shape index (κ2) is 14.0. The van der Waals surface area contributed by atoms with E-state index in [4.69, 9.17) is 29.1 Å². The molecule has 0 unspecified atom stereocenters. The molecule has 1 aliphatic heterocycles. The Hall–Kier alpha value is -7.96. The molecule has 0 spiro atoms. The summed E-state index contributed by atoms with van der Waals surface area (Å²) in [5.74, 6) is 2.67. The maximum absolute atomic E-state index is 7.05. The van der Waals surface area contributed by atoms with Gasteiger partial charge in [0.2, 0.25) is 0 Å². The van der Waals surface area contributed by atoms with Crippen LogP contribution >= 0.6 is 0 Å². The summed E-state index contributed by atoms with van der Waals surface area (Å²) in [5, 5.41) is 2.03. The minimum absolute atomic E-state index is 0.535. The molecule has 6 nitrogen and oxygen atoms in total. The lowest BCUT2D eigenvalue weighted by Gasteiger charge is -2.17. The van der Waals surface area contributed by atoms with E-state index >= 15 is 0 Å². The summed E-state index contributed by atoms with van der Waals surface area (Å²) in [4.78, 5) is 19.6. The van der Waals surface area contributed by atoms with Crippen LogP contribution in [-0.2, 0) is 0 Å². The molecule has 0 radical (unpaired) electrons.